The SMILES string of the molecule is CC(C)(C)OC=O.c1csc(COC2CNC2)n1. The molecule has 1 aliphatic heterocycles. The lowest BCUT2D eigenvalue weighted by atomic mass is 10.2. The highest BCUT2D eigenvalue weighted by atomic mass is 32.1. The molecular weight excluding hydrogens is 252 g/mol. The number of nitrogens with zero attached hydrogens (tertiary/aromatic N) is 1. The van der Waals surface area contributed by atoms with Crippen LogP contribution in [0.15, 0.2) is 11.6 Å². The van der Waals surface area contributed by atoms with E-state index in [1.807, 2.05) is 32.3 Å². The maximum absolute atomic E-state index is 9.60. The Hall–Kier alpha value is -0.980. The molecule has 1 aromatic rings. The van der Waals surface area contributed by atoms with Crippen molar-refractivity contribution >= 4 is 17.8 Å². The zero-order chi connectivity index (χ0) is 13.4. The molecule has 0 spiro atoms. The summed E-state index contributed by atoms with van der Waals surface area (Å²) < 4.78 is 10.1. The summed E-state index contributed by atoms with van der Waals surface area (Å²) in [5, 5.41) is 6.19. The van der Waals surface area contributed by atoms with Gasteiger partial charge in [-0.1, -0.05) is 0 Å². The molecule has 0 atom stereocenters. The molecular formula is C12H20N2O3S. The normalized spacial score (nSPS) is 15.3. The van der Waals surface area contributed by atoms with Crippen LogP contribution >= 0.6 is 11.3 Å². The van der Waals surface area contributed by atoms with Gasteiger partial charge in [0.25, 0.3) is 6.47 Å². The van der Waals surface area contributed by atoms with Crippen molar-refractivity contribution in [2.24, 2.45) is 0 Å². The van der Waals surface area contributed by atoms with Gasteiger partial charge in [0.05, 0.1) is 12.7 Å². The van der Waals surface area contributed by atoms with Gasteiger partial charge < -0.3 is 14.8 Å². The average molecular weight is 272 g/mol. The van der Waals surface area contributed by atoms with E-state index < -0.39 is 0 Å². The fourth-order valence-electron chi connectivity index (χ4n) is 1.04. The van der Waals surface area contributed by atoms with Crippen molar-refractivity contribution in [2.75, 3.05) is 13.1 Å². The Kier molecular flexibility index (Phi) is 6.24. The van der Waals surface area contributed by atoms with E-state index in [2.05, 4.69) is 15.0 Å². The minimum absolute atomic E-state index is 0.318. The summed E-state index contributed by atoms with van der Waals surface area (Å²) in [4.78, 5) is 13.7. The van der Waals surface area contributed by atoms with Gasteiger partial charge >= 0.3 is 0 Å². The molecule has 0 unspecified atom stereocenters. The van der Waals surface area contributed by atoms with E-state index in [0.29, 0.717) is 19.2 Å². The maximum atomic E-state index is 9.60. The number of hydrogen-bond donors (Lipinski definition) is 1. The Morgan fingerprint density at radius 3 is 2.61 bits per heavy atom. The summed E-state index contributed by atoms with van der Waals surface area (Å²) in [7, 11) is 0. The Balaban J connectivity index is 0.000000203. The predicted molar refractivity (Wildman–Crippen MR) is 70.5 cm³/mol. The highest BCUT2D eigenvalue weighted by Crippen LogP contribution is 2.08. The van der Waals surface area contributed by atoms with Crippen molar-refractivity contribution in [3.8, 4) is 0 Å². The van der Waals surface area contributed by atoms with Gasteiger partial charge in [-0.25, -0.2) is 4.98 Å². The lowest BCUT2D eigenvalue weighted by molar-refractivity contribution is -0.138. The highest BCUT2D eigenvalue weighted by molar-refractivity contribution is 7.09. The van der Waals surface area contributed by atoms with Crippen LogP contribution in [0.2, 0.25) is 0 Å². The minimum Gasteiger partial charge on any atom is -0.462 e. The summed E-state index contributed by atoms with van der Waals surface area (Å²) in [6.07, 6.45) is 2.22. The third kappa shape index (κ3) is 6.68. The number of ether oxygens (including phenoxy) is 2. The van der Waals surface area contributed by atoms with Crippen molar-refractivity contribution in [1.82, 2.24) is 10.3 Å². The van der Waals surface area contributed by atoms with Crippen LogP contribution in [-0.2, 0) is 20.9 Å². The van der Waals surface area contributed by atoms with Crippen molar-refractivity contribution in [3.63, 3.8) is 0 Å². The van der Waals surface area contributed by atoms with Gasteiger partial charge in [-0.15, -0.1) is 11.3 Å². The number of hydrogen-bond acceptors (Lipinski definition) is 6. The van der Waals surface area contributed by atoms with Crippen LogP contribution in [0.1, 0.15) is 25.8 Å². The van der Waals surface area contributed by atoms with Crippen molar-refractivity contribution in [1.29, 1.82) is 0 Å². The van der Waals surface area contributed by atoms with Crippen LogP contribution in [0.5, 0.6) is 0 Å². The van der Waals surface area contributed by atoms with Crippen LogP contribution in [0.4, 0.5) is 0 Å². The molecule has 1 aromatic heterocycles. The van der Waals surface area contributed by atoms with Gasteiger partial charge in [0.1, 0.15) is 10.6 Å². The minimum atomic E-state index is -0.318. The van der Waals surface area contributed by atoms with Crippen molar-refractivity contribution in [2.45, 2.75) is 39.1 Å². The zero-order valence-corrected chi connectivity index (χ0v) is 11.8. The number of rotatable bonds is 4. The summed E-state index contributed by atoms with van der Waals surface area (Å²) in [6.45, 7) is 8.57. The third-order valence-corrected chi connectivity index (χ3v) is 2.82. The van der Waals surface area contributed by atoms with E-state index in [9.17, 15) is 4.79 Å². The topological polar surface area (TPSA) is 60.5 Å². The Morgan fingerprint density at radius 1 is 1.56 bits per heavy atom. The molecule has 0 radical (unpaired) electrons. The van der Waals surface area contributed by atoms with Crippen LogP contribution in [0.3, 0.4) is 0 Å². The van der Waals surface area contributed by atoms with E-state index in [1.54, 1.807) is 11.3 Å². The molecule has 5 nitrogen and oxygen atoms in total. The number of carbonyl (C=O) groups is 1. The number of nitrogens with one attached hydrogen (secondary N) is 1. The average Bonchev–Trinajstić information content (AvgIpc) is 2.67. The van der Waals surface area contributed by atoms with Gasteiger partial charge in [-0.3, -0.25) is 4.79 Å². The molecule has 18 heavy (non-hydrogen) atoms. The molecule has 1 aliphatic rings. The van der Waals surface area contributed by atoms with E-state index in [-0.39, 0.29) is 5.60 Å². The molecule has 2 rings (SSSR count). The second-order valence-electron chi connectivity index (χ2n) is 4.84. The molecule has 0 amide bonds. The molecule has 1 fully saturated rings. The number of thiazole rings is 1. The van der Waals surface area contributed by atoms with Gasteiger partial charge in [0.15, 0.2) is 0 Å². The van der Waals surface area contributed by atoms with Gasteiger partial charge in [0, 0.05) is 24.7 Å². The first kappa shape index (κ1) is 15.1. The molecule has 0 saturated carbocycles. The van der Waals surface area contributed by atoms with Crippen LogP contribution in [0.25, 0.3) is 0 Å². The summed E-state index contributed by atoms with van der Waals surface area (Å²) >= 11 is 1.64. The summed E-state index contributed by atoms with van der Waals surface area (Å²) in [5.74, 6) is 0. The van der Waals surface area contributed by atoms with E-state index >= 15 is 0 Å². The van der Waals surface area contributed by atoms with Gasteiger partial charge in [-0.2, -0.15) is 0 Å². The second-order valence-corrected chi connectivity index (χ2v) is 5.82. The van der Waals surface area contributed by atoms with E-state index in [1.165, 1.54) is 0 Å². The van der Waals surface area contributed by atoms with Crippen molar-refractivity contribution in [3.05, 3.63) is 16.6 Å². The second kappa shape index (κ2) is 7.45. The monoisotopic (exact) mass is 272 g/mol. The molecule has 0 aliphatic carbocycles. The lowest BCUT2D eigenvalue weighted by Gasteiger charge is -2.26. The van der Waals surface area contributed by atoms with E-state index in [0.717, 1.165) is 18.1 Å². The first-order chi connectivity index (χ1) is 8.51. The Morgan fingerprint density at radius 2 is 2.28 bits per heavy atom. The molecule has 0 bridgehead atoms. The predicted octanol–water partition coefficient (Wildman–Crippen LogP) is 1.59. The lowest BCUT2D eigenvalue weighted by Crippen LogP contribution is -2.48. The standard InChI is InChI=1S/C7H10N2OS.C5H10O2/c1-2-11-7(9-1)5-10-6-3-8-4-6;1-5(2,3)7-4-6/h1-2,6,8H,3-5H2;4H,1-3H3. The van der Waals surface area contributed by atoms with Crippen LogP contribution in [-0.4, -0.2) is 36.3 Å². The zero-order valence-electron chi connectivity index (χ0n) is 11.0. The Bertz CT molecular complexity index is 332. The summed E-state index contributed by atoms with van der Waals surface area (Å²) in [5.41, 5.74) is -0.318. The fourth-order valence-corrected chi connectivity index (χ4v) is 1.57. The number of carbonyl (C=O) groups excluding carboxylic acids is 1. The van der Waals surface area contributed by atoms with Gasteiger partial charge in [-0.05, 0) is 20.8 Å². The largest absolute Gasteiger partial charge is 0.462 e. The first-order valence-electron chi connectivity index (χ1n) is 5.83. The van der Waals surface area contributed by atoms with E-state index in [4.69, 9.17) is 4.74 Å². The molecule has 1 N–H and O–H groups in total. The summed E-state index contributed by atoms with van der Waals surface area (Å²) in [6, 6.07) is 0. The van der Waals surface area contributed by atoms with Crippen molar-refractivity contribution < 1.29 is 14.3 Å². The van der Waals surface area contributed by atoms with Gasteiger partial charge in [0.2, 0.25) is 0 Å². The highest BCUT2D eigenvalue weighted by Gasteiger charge is 2.16. The molecule has 6 heteroatoms. The third-order valence-electron chi connectivity index (χ3n) is 2.07. The quantitative estimate of drug-likeness (QED) is 0.843. The smallest absolute Gasteiger partial charge is 0.293 e. The molecule has 2 heterocycles. The molecule has 1 saturated heterocycles. The van der Waals surface area contributed by atoms with Crippen LogP contribution in [0, 0.1) is 0 Å². The number of aromatic nitrogens is 1. The molecule has 102 valence electrons. The van der Waals surface area contributed by atoms with Crippen LogP contribution < -0.4 is 5.32 Å². The maximum Gasteiger partial charge on any atom is 0.293 e. The Labute approximate surface area is 112 Å². The first-order valence-corrected chi connectivity index (χ1v) is 6.71. The fraction of sp³-hybridized carbons (Fsp3) is 0.667. The molecule has 0 aromatic carbocycles.